The quantitative estimate of drug-likeness (QED) is 0.689. The van der Waals surface area contributed by atoms with Gasteiger partial charge in [0.2, 0.25) is 0 Å². The van der Waals surface area contributed by atoms with Gasteiger partial charge in [0, 0.05) is 25.3 Å². The fourth-order valence-corrected chi connectivity index (χ4v) is 0.864. The van der Waals surface area contributed by atoms with E-state index in [1.165, 1.54) is 7.11 Å². The molecule has 0 radical (unpaired) electrons. The molecule has 0 spiro atoms. The van der Waals surface area contributed by atoms with Crippen molar-refractivity contribution in [3.8, 4) is 0 Å². The zero-order valence-electron chi connectivity index (χ0n) is 7.22. The summed E-state index contributed by atoms with van der Waals surface area (Å²) in [6.45, 7) is 0. The van der Waals surface area contributed by atoms with Crippen molar-refractivity contribution >= 4 is 5.78 Å². The van der Waals surface area contributed by atoms with Gasteiger partial charge >= 0.3 is 6.18 Å². The van der Waals surface area contributed by atoms with E-state index in [9.17, 15) is 18.0 Å². The predicted octanol–water partition coefficient (Wildman–Crippen LogP) is 0.899. The maximum Gasteiger partial charge on any atom is 0.454 e. The molecular formula is C7H8F3NO3. The van der Waals surface area contributed by atoms with Crippen molar-refractivity contribution in [3.05, 3.63) is 11.8 Å². The standard InChI is InChI=1S/C7H8F3NO3/c1-13-6-3-4(11-14-6)2-5(12)7(8,9)10/h2,6,11H,3H2,1H3/b4-2-. The molecule has 1 saturated heterocycles. The number of hydrogen-bond donors (Lipinski definition) is 1. The van der Waals surface area contributed by atoms with E-state index < -0.39 is 18.2 Å². The molecule has 80 valence electrons. The molecule has 0 aliphatic carbocycles. The highest BCUT2D eigenvalue weighted by Crippen LogP contribution is 2.20. The minimum atomic E-state index is -4.85. The molecule has 1 aliphatic heterocycles. The van der Waals surface area contributed by atoms with Crippen LogP contribution in [0.5, 0.6) is 0 Å². The molecule has 1 fully saturated rings. The van der Waals surface area contributed by atoms with Crippen LogP contribution in [0.25, 0.3) is 0 Å². The Labute approximate surface area is 77.6 Å². The van der Waals surface area contributed by atoms with Crippen LogP contribution in [0.1, 0.15) is 6.42 Å². The SMILES string of the molecule is COC1C/C(=C/C(=O)C(F)(F)F)NO1. The van der Waals surface area contributed by atoms with E-state index in [1.54, 1.807) is 0 Å². The van der Waals surface area contributed by atoms with Gasteiger partial charge in [-0.3, -0.25) is 10.3 Å². The maximum absolute atomic E-state index is 11.8. The number of carbonyl (C=O) groups is 1. The summed E-state index contributed by atoms with van der Waals surface area (Å²) in [6, 6.07) is 0. The second-order valence-corrected chi connectivity index (χ2v) is 2.62. The summed E-state index contributed by atoms with van der Waals surface area (Å²) in [5, 5.41) is 0. The summed E-state index contributed by atoms with van der Waals surface area (Å²) in [6.07, 6.45) is -4.95. The van der Waals surface area contributed by atoms with Crippen molar-refractivity contribution in [3.63, 3.8) is 0 Å². The van der Waals surface area contributed by atoms with Gasteiger partial charge in [0.1, 0.15) is 0 Å². The predicted molar refractivity (Wildman–Crippen MR) is 38.8 cm³/mol. The van der Waals surface area contributed by atoms with E-state index in [1.807, 2.05) is 0 Å². The number of ether oxygens (including phenoxy) is 1. The van der Waals surface area contributed by atoms with E-state index in [-0.39, 0.29) is 12.1 Å². The van der Waals surface area contributed by atoms with Gasteiger partial charge in [0.25, 0.3) is 5.78 Å². The highest BCUT2D eigenvalue weighted by atomic mass is 19.4. The minimum Gasteiger partial charge on any atom is -0.353 e. The number of rotatable bonds is 2. The molecule has 0 amide bonds. The Morgan fingerprint density at radius 3 is 2.79 bits per heavy atom. The number of ketones is 1. The normalized spacial score (nSPS) is 25.1. The molecule has 0 aromatic rings. The third-order valence-electron chi connectivity index (χ3n) is 1.56. The summed E-state index contributed by atoms with van der Waals surface area (Å²) >= 11 is 0. The summed E-state index contributed by atoms with van der Waals surface area (Å²) in [4.78, 5) is 15.1. The molecule has 1 unspecified atom stereocenters. The van der Waals surface area contributed by atoms with E-state index in [4.69, 9.17) is 4.74 Å². The van der Waals surface area contributed by atoms with Crippen LogP contribution >= 0.6 is 0 Å². The van der Waals surface area contributed by atoms with Crippen LogP contribution in [0.2, 0.25) is 0 Å². The van der Waals surface area contributed by atoms with Crippen LogP contribution in [0.4, 0.5) is 13.2 Å². The van der Waals surface area contributed by atoms with Crippen LogP contribution in [-0.4, -0.2) is 25.4 Å². The lowest BCUT2D eigenvalue weighted by Crippen LogP contribution is -2.21. The Balaban J connectivity index is 2.59. The first-order valence-electron chi connectivity index (χ1n) is 3.69. The summed E-state index contributed by atoms with van der Waals surface area (Å²) < 4.78 is 40.1. The monoisotopic (exact) mass is 211 g/mol. The number of alkyl halides is 3. The van der Waals surface area contributed by atoms with Crippen LogP contribution in [0.15, 0.2) is 11.8 Å². The van der Waals surface area contributed by atoms with Gasteiger partial charge in [-0.25, -0.2) is 4.84 Å². The number of allylic oxidation sites excluding steroid dienone is 1. The van der Waals surface area contributed by atoms with Gasteiger partial charge in [-0.2, -0.15) is 13.2 Å². The zero-order chi connectivity index (χ0) is 10.8. The fraction of sp³-hybridized carbons (Fsp3) is 0.571. The largest absolute Gasteiger partial charge is 0.454 e. The fourth-order valence-electron chi connectivity index (χ4n) is 0.864. The van der Waals surface area contributed by atoms with Crippen molar-refractivity contribution < 1.29 is 27.5 Å². The van der Waals surface area contributed by atoms with Crippen LogP contribution < -0.4 is 5.48 Å². The number of halogens is 3. The molecule has 0 aromatic carbocycles. The lowest BCUT2D eigenvalue weighted by Gasteiger charge is -2.00. The van der Waals surface area contributed by atoms with Crippen LogP contribution in [-0.2, 0) is 14.4 Å². The van der Waals surface area contributed by atoms with E-state index in [0.29, 0.717) is 6.08 Å². The molecule has 1 rings (SSSR count). The van der Waals surface area contributed by atoms with Gasteiger partial charge in [0.15, 0.2) is 6.29 Å². The molecule has 0 aromatic heterocycles. The average molecular weight is 211 g/mol. The van der Waals surface area contributed by atoms with E-state index >= 15 is 0 Å². The third kappa shape index (κ3) is 2.71. The Morgan fingerprint density at radius 2 is 2.36 bits per heavy atom. The molecular weight excluding hydrogens is 203 g/mol. The maximum atomic E-state index is 11.8. The van der Waals surface area contributed by atoms with Crippen LogP contribution in [0, 0.1) is 0 Å². The summed E-state index contributed by atoms with van der Waals surface area (Å²) in [5.74, 6) is -1.92. The first-order chi connectivity index (χ1) is 6.43. The first-order valence-corrected chi connectivity index (χ1v) is 3.69. The molecule has 14 heavy (non-hydrogen) atoms. The molecule has 1 heterocycles. The number of nitrogens with one attached hydrogen (secondary N) is 1. The molecule has 1 N–H and O–H groups in total. The van der Waals surface area contributed by atoms with Crippen molar-refractivity contribution in [2.75, 3.05) is 7.11 Å². The van der Waals surface area contributed by atoms with Gasteiger partial charge in [-0.15, -0.1) is 0 Å². The topological polar surface area (TPSA) is 47.6 Å². The Bertz CT molecular complexity index is 261. The number of methoxy groups -OCH3 is 1. The van der Waals surface area contributed by atoms with Gasteiger partial charge < -0.3 is 4.74 Å². The smallest absolute Gasteiger partial charge is 0.353 e. The molecule has 1 aliphatic rings. The zero-order valence-corrected chi connectivity index (χ0v) is 7.22. The molecule has 0 bridgehead atoms. The highest BCUT2D eigenvalue weighted by molar-refractivity contribution is 5.94. The molecule has 7 heteroatoms. The molecule has 0 saturated carbocycles. The van der Waals surface area contributed by atoms with Gasteiger partial charge in [-0.1, -0.05) is 0 Å². The summed E-state index contributed by atoms with van der Waals surface area (Å²) in [7, 11) is 1.35. The number of hydroxylamine groups is 1. The Morgan fingerprint density at radius 1 is 1.71 bits per heavy atom. The third-order valence-corrected chi connectivity index (χ3v) is 1.56. The molecule has 1 atom stereocenters. The van der Waals surface area contributed by atoms with Gasteiger partial charge in [-0.05, 0) is 0 Å². The van der Waals surface area contributed by atoms with Crippen molar-refractivity contribution in [1.82, 2.24) is 5.48 Å². The van der Waals surface area contributed by atoms with Crippen molar-refractivity contribution in [2.24, 2.45) is 0 Å². The van der Waals surface area contributed by atoms with Crippen LogP contribution in [0.3, 0.4) is 0 Å². The lowest BCUT2D eigenvalue weighted by molar-refractivity contribution is -0.165. The molecule has 4 nitrogen and oxygen atoms in total. The second kappa shape index (κ2) is 3.97. The van der Waals surface area contributed by atoms with Crippen molar-refractivity contribution in [2.45, 2.75) is 18.9 Å². The second-order valence-electron chi connectivity index (χ2n) is 2.62. The minimum absolute atomic E-state index is 0.0548. The Hall–Kier alpha value is -1.08. The number of carbonyl (C=O) groups excluding carboxylic acids is 1. The summed E-state index contributed by atoms with van der Waals surface area (Å²) in [5.41, 5.74) is 2.23. The highest BCUT2D eigenvalue weighted by Gasteiger charge is 2.37. The van der Waals surface area contributed by atoms with Crippen molar-refractivity contribution in [1.29, 1.82) is 0 Å². The first kappa shape index (κ1) is 11.0. The average Bonchev–Trinajstić information content (AvgIpc) is 2.50. The Kier molecular flexibility index (Phi) is 3.12. The van der Waals surface area contributed by atoms with E-state index in [0.717, 1.165) is 0 Å². The van der Waals surface area contributed by atoms with Gasteiger partial charge in [0.05, 0.1) is 0 Å². The lowest BCUT2D eigenvalue weighted by atomic mass is 10.2. The van der Waals surface area contributed by atoms with E-state index in [2.05, 4.69) is 10.3 Å². The number of hydrogen-bond acceptors (Lipinski definition) is 4.